The summed E-state index contributed by atoms with van der Waals surface area (Å²) >= 11 is 0. The second kappa shape index (κ2) is 6.47. The van der Waals surface area contributed by atoms with E-state index in [-0.39, 0.29) is 12.1 Å². The number of carbonyl (C=O) groups is 2. The number of nitrogens with one attached hydrogen (secondary N) is 2. The summed E-state index contributed by atoms with van der Waals surface area (Å²) in [6, 6.07) is 4.61. The molecular formula is C14H14N4O3. The summed E-state index contributed by atoms with van der Waals surface area (Å²) in [7, 11) is 0. The summed E-state index contributed by atoms with van der Waals surface area (Å²) in [5.74, 6) is -1.10. The van der Waals surface area contributed by atoms with Gasteiger partial charge in [-0.25, -0.2) is 9.59 Å². The van der Waals surface area contributed by atoms with Gasteiger partial charge in [0.05, 0.1) is 29.7 Å². The van der Waals surface area contributed by atoms with Crippen LogP contribution in [-0.4, -0.2) is 27.1 Å². The molecule has 2 aromatic heterocycles. The van der Waals surface area contributed by atoms with Crippen molar-refractivity contribution in [3.05, 3.63) is 53.6 Å². The van der Waals surface area contributed by atoms with Crippen molar-refractivity contribution in [2.75, 3.05) is 5.32 Å². The van der Waals surface area contributed by atoms with Crippen LogP contribution in [0, 0.1) is 6.92 Å². The third-order valence-electron chi connectivity index (χ3n) is 2.78. The van der Waals surface area contributed by atoms with Gasteiger partial charge in [0.2, 0.25) is 0 Å². The molecule has 2 rings (SSSR count). The largest absolute Gasteiger partial charge is 0.478 e. The zero-order chi connectivity index (χ0) is 15.2. The summed E-state index contributed by atoms with van der Waals surface area (Å²) in [4.78, 5) is 30.5. The Labute approximate surface area is 121 Å². The molecule has 0 saturated heterocycles. The molecule has 3 N–H and O–H groups in total. The van der Waals surface area contributed by atoms with Crippen molar-refractivity contribution in [1.29, 1.82) is 0 Å². The molecule has 0 aliphatic rings. The van der Waals surface area contributed by atoms with Gasteiger partial charge < -0.3 is 15.7 Å². The highest BCUT2D eigenvalue weighted by molar-refractivity contribution is 5.92. The number of pyridine rings is 2. The van der Waals surface area contributed by atoms with Gasteiger partial charge in [0.25, 0.3) is 0 Å². The number of anilines is 1. The van der Waals surface area contributed by atoms with Gasteiger partial charge in [-0.3, -0.25) is 9.97 Å². The lowest BCUT2D eigenvalue weighted by atomic mass is 10.2. The molecule has 7 heteroatoms. The Morgan fingerprint density at radius 1 is 1.33 bits per heavy atom. The normalized spacial score (nSPS) is 9.95. The molecule has 0 atom stereocenters. The van der Waals surface area contributed by atoms with Crippen LogP contribution < -0.4 is 10.6 Å². The average molecular weight is 286 g/mol. The predicted molar refractivity (Wildman–Crippen MR) is 76.0 cm³/mol. The molecule has 0 aromatic carbocycles. The van der Waals surface area contributed by atoms with Crippen LogP contribution in [-0.2, 0) is 6.54 Å². The molecule has 21 heavy (non-hydrogen) atoms. The van der Waals surface area contributed by atoms with Crippen molar-refractivity contribution in [2.45, 2.75) is 13.5 Å². The molecule has 108 valence electrons. The zero-order valence-corrected chi connectivity index (χ0v) is 11.3. The van der Waals surface area contributed by atoms with E-state index < -0.39 is 12.0 Å². The number of urea groups is 1. The van der Waals surface area contributed by atoms with E-state index in [1.54, 1.807) is 6.20 Å². The molecule has 0 aliphatic carbocycles. The van der Waals surface area contributed by atoms with Crippen molar-refractivity contribution in [1.82, 2.24) is 15.3 Å². The molecule has 0 saturated carbocycles. The Balaban J connectivity index is 1.95. The lowest BCUT2D eigenvalue weighted by molar-refractivity contribution is 0.0696. The van der Waals surface area contributed by atoms with Crippen molar-refractivity contribution >= 4 is 17.7 Å². The number of carbonyl (C=O) groups excluding carboxylic acids is 1. The molecule has 0 bridgehead atoms. The second-order valence-electron chi connectivity index (χ2n) is 4.34. The fourth-order valence-electron chi connectivity index (χ4n) is 1.67. The van der Waals surface area contributed by atoms with E-state index in [1.165, 1.54) is 18.5 Å². The number of amides is 2. The molecular weight excluding hydrogens is 272 g/mol. The van der Waals surface area contributed by atoms with E-state index in [0.29, 0.717) is 5.69 Å². The van der Waals surface area contributed by atoms with Gasteiger partial charge in [0.15, 0.2) is 0 Å². The predicted octanol–water partition coefficient (Wildman–Crippen LogP) is 1.80. The summed E-state index contributed by atoms with van der Waals surface area (Å²) in [6.07, 6.45) is 4.24. The molecule has 0 fully saturated rings. The van der Waals surface area contributed by atoms with E-state index in [4.69, 9.17) is 5.11 Å². The van der Waals surface area contributed by atoms with Crippen molar-refractivity contribution < 1.29 is 14.7 Å². The molecule has 2 heterocycles. The molecule has 2 aromatic rings. The minimum Gasteiger partial charge on any atom is -0.478 e. The number of nitrogens with zero attached hydrogens (tertiary/aromatic N) is 2. The first-order valence-electron chi connectivity index (χ1n) is 6.20. The smallest absolute Gasteiger partial charge is 0.337 e. The quantitative estimate of drug-likeness (QED) is 0.795. The topological polar surface area (TPSA) is 104 Å². The van der Waals surface area contributed by atoms with Crippen molar-refractivity contribution in [2.24, 2.45) is 0 Å². The maximum Gasteiger partial charge on any atom is 0.337 e. The number of carboxylic acids is 1. The number of rotatable bonds is 4. The highest BCUT2D eigenvalue weighted by atomic mass is 16.4. The Morgan fingerprint density at radius 2 is 2.14 bits per heavy atom. The van der Waals surface area contributed by atoms with Crippen LogP contribution in [0.2, 0.25) is 0 Å². The Kier molecular flexibility index (Phi) is 4.45. The van der Waals surface area contributed by atoms with Gasteiger partial charge in [0, 0.05) is 12.4 Å². The maximum absolute atomic E-state index is 11.8. The van der Waals surface area contributed by atoms with E-state index in [1.807, 2.05) is 19.1 Å². The Morgan fingerprint density at radius 3 is 2.86 bits per heavy atom. The first-order valence-corrected chi connectivity index (χ1v) is 6.20. The molecule has 0 unspecified atom stereocenters. The van der Waals surface area contributed by atoms with Crippen LogP contribution >= 0.6 is 0 Å². The Bertz CT molecular complexity index is 673. The number of aryl methyl sites for hydroxylation is 1. The van der Waals surface area contributed by atoms with Crippen LogP contribution in [0.1, 0.15) is 21.6 Å². The van der Waals surface area contributed by atoms with Crippen molar-refractivity contribution in [3.8, 4) is 0 Å². The van der Waals surface area contributed by atoms with Crippen LogP contribution in [0.25, 0.3) is 0 Å². The van der Waals surface area contributed by atoms with E-state index in [9.17, 15) is 9.59 Å². The van der Waals surface area contributed by atoms with Crippen LogP contribution in [0.15, 0.2) is 36.8 Å². The molecule has 0 radical (unpaired) electrons. The van der Waals surface area contributed by atoms with Crippen LogP contribution in [0.4, 0.5) is 10.5 Å². The summed E-state index contributed by atoms with van der Waals surface area (Å²) < 4.78 is 0. The second-order valence-corrected chi connectivity index (χ2v) is 4.34. The van der Waals surface area contributed by atoms with Gasteiger partial charge in [-0.1, -0.05) is 6.07 Å². The minimum atomic E-state index is -1.10. The standard InChI is InChI=1S/C14H14N4O3/c1-9-3-2-4-16-12(9)8-17-14(21)18-11-5-10(13(19)20)6-15-7-11/h2-7H,8H2,1H3,(H,19,20)(H2,17,18,21). The number of aromatic carboxylic acids is 1. The number of hydrogen-bond donors (Lipinski definition) is 3. The monoisotopic (exact) mass is 286 g/mol. The van der Waals surface area contributed by atoms with Gasteiger partial charge in [-0.15, -0.1) is 0 Å². The first kappa shape index (κ1) is 14.4. The van der Waals surface area contributed by atoms with Gasteiger partial charge in [0.1, 0.15) is 0 Å². The lowest BCUT2D eigenvalue weighted by Gasteiger charge is -2.08. The summed E-state index contributed by atoms with van der Waals surface area (Å²) in [5.41, 5.74) is 2.07. The van der Waals surface area contributed by atoms with Gasteiger partial charge in [-0.2, -0.15) is 0 Å². The van der Waals surface area contributed by atoms with E-state index >= 15 is 0 Å². The Hall–Kier alpha value is -2.96. The zero-order valence-electron chi connectivity index (χ0n) is 11.3. The maximum atomic E-state index is 11.8. The molecule has 2 amide bonds. The highest BCUT2D eigenvalue weighted by Gasteiger charge is 2.07. The van der Waals surface area contributed by atoms with Gasteiger partial charge in [-0.05, 0) is 24.6 Å². The van der Waals surface area contributed by atoms with E-state index in [0.717, 1.165) is 11.3 Å². The van der Waals surface area contributed by atoms with Crippen molar-refractivity contribution in [3.63, 3.8) is 0 Å². The molecule has 0 spiro atoms. The summed E-state index contributed by atoms with van der Waals surface area (Å²) in [6.45, 7) is 2.19. The average Bonchev–Trinajstić information content (AvgIpc) is 2.46. The molecule has 0 aliphatic heterocycles. The van der Waals surface area contributed by atoms with Gasteiger partial charge >= 0.3 is 12.0 Å². The highest BCUT2D eigenvalue weighted by Crippen LogP contribution is 2.08. The number of hydrogen-bond acceptors (Lipinski definition) is 4. The number of carboxylic acid groups (broad SMARTS) is 1. The van der Waals surface area contributed by atoms with Crippen LogP contribution in [0.5, 0.6) is 0 Å². The SMILES string of the molecule is Cc1cccnc1CNC(=O)Nc1cncc(C(=O)O)c1. The van der Waals surface area contributed by atoms with Crippen LogP contribution in [0.3, 0.4) is 0 Å². The minimum absolute atomic E-state index is 0.00775. The lowest BCUT2D eigenvalue weighted by Crippen LogP contribution is -2.29. The first-order chi connectivity index (χ1) is 10.1. The summed E-state index contributed by atoms with van der Waals surface area (Å²) in [5, 5.41) is 14.0. The molecule has 7 nitrogen and oxygen atoms in total. The number of aromatic nitrogens is 2. The third kappa shape index (κ3) is 4.00. The van der Waals surface area contributed by atoms with E-state index in [2.05, 4.69) is 20.6 Å². The fraction of sp³-hybridized carbons (Fsp3) is 0.143. The third-order valence-corrected chi connectivity index (χ3v) is 2.78. The fourth-order valence-corrected chi connectivity index (χ4v) is 1.67.